The van der Waals surface area contributed by atoms with E-state index in [1.807, 2.05) is 0 Å². The van der Waals surface area contributed by atoms with Crippen LogP contribution in [0.4, 0.5) is 0 Å². The van der Waals surface area contributed by atoms with E-state index in [-0.39, 0.29) is 13.2 Å². The van der Waals surface area contributed by atoms with Gasteiger partial charge in [0, 0.05) is 6.54 Å². The Balaban J connectivity index is 2.47. The van der Waals surface area contributed by atoms with Crippen molar-refractivity contribution in [1.29, 1.82) is 0 Å². The minimum absolute atomic E-state index is 0.0330. The molecule has 0 spiro atoms. The monoisotopic (exact) mass is 293 g/mol. The van der Waals surface area contributed by atoms with E-state index in [2.05, 4.69) is 9.46 Å². The predicted molar refractivity (Wildman–Crippen MR) is 71.1 cm³/mol. The van der Waals surface area contributed by atoms with Gasteiger partial charge in [-0.3, -0.25) is 4.79 Å². The number of nitrogens with one attached hydrogen (secondary N) is 1. The molecule has 112 valence electrons. The SMILES string of the molecule is CCOC(=O)CS(=O)(=O)NCC1(O)CCCCCC1. The van der Waals surface area contributed by atoms with Gasteiger partial charge in [0.15, 0.2) is 5.75 Å². The summed E-state index contributed by atoms with van der Waals surface area (Å²) in [6.45, 7) is 1.74. The normalized spacial score (nSPS) is 19.7. The summed E-state index contributed by atoms with van der Waals surface area (Å²) in [5, 5.41) is 10.3. The standard InChI is InChI=1S/C12H23NO5S/c1-2-18-11(14)9-19(16,17)13-10-12(15)7-5-3-4-6-8-12/h13,15H,2-10H2,1H3. The van der Waals surface area contributed by atoms with Gasteiger partial charge in [0.05, 0.1) is 12.2 Å². The predicted octanol–water partition coefficient (Wildman–Crippen LogP) is 0.554. The van der Waals surface area contributed by atoms with Gasteiger partial charge < -0.3 is 9.84 Å². The van der Waals surface area contributed by atoms with E-state index in [1.165, 1.54) is 0 Å². The Bertz CT molecular complexity index is 385. The van der Waals surface area contributed by atoms with Crippen molar-refractivity contribution in [3.8, 4) is 0 Å². The number of carbonyl (C=O) groups is 1. The maximum atomic E-state index is 11.7. The molecule has 0 heterocycles. The number of sulfonamides is 1. The van der Waals surface area contributed by atoms with Gasteiger partial charge >= 0.3 is 5.97 Å². The summed E-state index contributed by atoms with van der Waals surface area (Å²) in [6.07, 6.45) is 5.12. The van der Waals surface area contributed by atoms with Crippen LogP contribution in [0.25, 0.3) is 0 Å². The molecule has 7 heteroatoms. The van der Waals surface area contributed by atoms with E-state index >= 15 is 0 Å². The van der Waals surface area contributed by atoms with Crippen LogP contribution in [0, 0.1) is 0 Å². The molecule has 1 rings (SSSR count). The molecule has 0 amide bonds. The van der Waals surface area contributed by atoms with E-state index in [1.54, 1.807) is 6.92 Å². The highest BCUT2D eigenvalue weighted by atomic mass is 32.2. The molecule has 0 radical (unpaired) electrons. The van der Waals surface area contributed by atoms with Crippen LogP contribution >= 0.6 is 0 Å². The number of carbonyl (C=O) groups excluding carboxylic acids is 1. The van der Waals surface area contributed by atoms with E-state index in [0.717, 1.165) is 25.7 Å². The maximum absolute atomic E-state index is 11.7. The van der Waals surface area contributed by atoms with Gasteiger partial charge in [-0.25, -0.2) is 13.1 Å². The number of esters is 1. The zero-order valence-corrected chi connectivity index (χ0v) is 12.2. The lowest BCUT2D eigenvalue weighted by molar-refractivity contribution is -0.139. The minimum Gasteiger partial charge on any atom is -0.465 e. The molecule has 6 nitrogen and oxygen atoms in total. The molecule has 19 heavy (non-hydrogen) atoms. The zero-order valence-electron chi connectivity index (χ0n) is 11.4. The number of hydrogen-bond donors (Lipinski definition) is 2. The number of rotatable bonds is 6. The Labute approximate surface area is 114 Å². The summed E-state index contributed by atoms with van der Waals surface area (Å²) >= 11 is 0. The van der Waals surface area contributed by atoms with Gasteiger partial charge in [0.1, 0.15) is 0 Å². The summed E-state index contributed by atoms with van der Waals surface area (Å²) in [6, 6.07) is 0. The Morgan fingerprint density at radius 2 is 1.84 bits per heavy atom. The molecule has 1 fully saturated rings. The number of ether oxygens (including phenoxy) is 1. The smallest absolute Gasteiger partial charge is 0.322 e. The van der Waals surface area contributed by atoms with Gasteiger partial charge in [0.25, 0.3) is 0 Å². The average molecular weight is 293 g/mol. The van der Waals surface area contributed by atoms with Gasteiger partial charge in [-0.05, 0) is 19.8 Å². The summed E-state index contributed by atoms with van der Waals surface area (Å²) < 4.78 is 30.2. The molecule has 2 N–H and O–H groups in total. The van der Waals surface area contributed by atoms with Crippen LogP contribution in [0.3, 0.4) is 0 Å². The van der Waals surface area contributed by atoms with Crippen LogP contribution in [0.15, 0.2) is 0 Å². The van der Waals surface area contributed by atoms with Crippen molar-refractivity contribution in [3.05, 3.63) is 0 Å². The van der Waals surface area contributed by atoms with Crippen LogP contribution in [0.1, 0.15) is 45.4 Å². The molecule has 0 unspecified atom stereocenters. The molecule has 0 saturated heterocycles. The fraction of sp³-hybridized carbons (Fsp3) is 0.917. The lowest BCUT2D eigenvalue weighted by Gasteiger charge is -2.26. The third kappa shape index (κ3) is 6.35. The van der Waals surface area contributed by atoms with Gasteiger partial charge in [0.2, 0.25) is 10.0 Å². The number of aliphatic hydroxyl groups is 1. The highest BCUT2D eigenvalue weighted by Crippen LogP contribution is 2.26. The average Bonchev–Trinajstić information content (AvgIpc) is 2.52. The fourth-order valence-electron chi connectivity index (χ4n) is 2.22. The fourth-order valence-corrected chi connectivity index (χ4v) is 3.20. The summed E-state index contributed by atoms with van der Waals surface area (Å²) in [5.74, 6) is -1.47. The topological polar surface area (TPSA) is 92.7 Å². The van der Waals surface area contributed by atoms with Crippen LogP contribution in [0.5, 0.6) is 0 Å². The lowest BCUT2D eigenvalue weighted by atomic mass is 9.95. The van der Waals surface area contributed by atoms with Gasteiger partial charge in [-0.2, -0.15) is 0 Å². The number of hydrogen-bond acceptors (Lipinski definition) is 5. The molecule has 0 aromatic rings. The van der Waals surface area contributed by atoms with Crippen LogP contribution < -0.4 is 4.72 Å². The van der Waals surface area contributed by atoms with E-state index in [0.29, 0.717) is 12.8 Å². The van der Waals surface area contributed by atoms with Gasteiger partial charge in [-0.15, -0.1) is 0 Å². The first kappa shape index (κ1) is 16.4. The molecule has 0 aliphatic heterocycles. The molecule has 1 aliphatic rings. The Hall–Kier alpha value is -0.660. The minimum atomic E-state index is -3.74. The van der Waals surface area contributed by atoms with Crippen molar-refractivity contribution in [3.63, 3.8) is 0 Å². The zero-order chi connectivity index (χ0) is 14.4. The second kappa shape index (κ2) is 7.21. The molecule has 0 atom stereocenters. The maximum Gasteiger partial charge on any atom is 0.322 e. The van der Waals surface area contributed by atoms with Crippen LogP contribution in [-0.4, -0.2) is 44.0 Å². The third-order valence-electron chi connectivity index (χ3n) is 3.27. The highest BCUT2D eigenvalue weighted by Gasteiger charge is 2.30. The van der Waals surface area contributed by atoms with Crippen molar-refractivity contribution < 1.29 is 23.1 Å². The first-order chi connectivity index (χ1) is 8.87. The van der Waals surface area contributed by atoms with Crippen molar-refractivity contribution in [1.82, 2.24) is 4.72 Å². The van der Waals surface area contributed by atoms with Crippen molar-refractivity contribution >= 4 is 16.0 Å². The molecular weight excluding hydrogens is 270 g/mol. The lowest BCUT2D eigenvalue weighted by Crippen LogP contribution is -2.44. The third-order valence-corrected chi connectivity index (χ3v) is 4.47. The van der Waals surface area contributed by atoms with Crippen LogP contribution in [-0.2, 0) is 19.6 Å². The van der Waals surface area contributed by atoms with Gasteiger partial charge in [-0.1, -0.05) is 25.7 Å². The summed E-state index contributed by atoms with van der Waals surface area (Å²) in [7, 11) is -3.74. The second-order valence-corrected chi connectivity index (χ2v) is 6.83. The first-order valence-corrected chi connectivity index (χ1v) is 8.37. The molecule has 0 bridgehead atoms. The highest BCUT2D eigenvalue weighted by molar-refractivity contribution is 7.90. The van der Waals surface area contributed by atoms with E-state index < -0.39 is 27.3 Å². The largest absolute Gasteiger partial charge is 0.465 e. The summed E-state index contributed by atoms with van der Waals surface area (Å²) in [4.78, 5) is 11.1. The Morgan fingerprint density at radius 1 is 1.26 bits per heavy atom. The van der Waals surface area contributed by atoms with Crippen LogP contribution in [0.2, 0.25) is 0 Å². The molecular formula is C12H23NO5S. The van der Waals surface area contributed by atoms with E-state index in [4.69, 9.17) is 0 Å². The quantitative estimate of drug-likeness (QED) is 0.551. The van der Waals surface area contributed by atoms with Crippen molar-refractivity contribution in [2.24, 2.45) is 0 Å². The van der Waals surface area contributed by atoms with Crippen molar-refractivity contribution in [2.45, 2.75) is 51.0 Å². The van der Waals surface area contributed by atoms with Crippen molar-refractivity contribution in [2.75, 3.05) is 18.9 Å². The Kier molecular flexibility index (Phi) is 6.22. The molecule has 0 aromatic heterocycles. The Morgan fingerprint density at radius 3 is 2.37 bits per heavy atom. The second-order valence-electron chi connectivity index (χ2n) is 5.02. The summed E-state index contributed by atoms with van der Waals surface area (Å²) in [5.41, 5.74) is -0.988. The van der Waals surface area contributed by atoms with E-state index in [9.17, 15) is 18.3 Å². The first-order valence-electron chi connectivity index (χ1n) is 6.72. The molecule has 0 aromatic carbocycles. The molecule has 1 aliphatic carbocycles. The molecule has 1 saturated carbocycles.